The first-order valence-electron chi connectivity index (χ1n) is 10.8. The fourth-order valence-electron chi connectivity index (χ4n) is 4.14. The van der Waals surface area contributed by atoms with Crippen LogP contribution in [0.2, 0.25) is 5.02 Å². The van der Waals surface area contributed by atoms with E-state index in [1.54, 1.807) is 52.0 Å². The Morgan fingerprint density at radius 3 is 2.17 bits per heavy atom. The van der Waals surface area contributed by atoms with Crippen molar-refractivity contribution in [1.82, 2.24) is 4.90 Å². The summed E-state index contributed by atoms with van der Waals surface area (Å²) < 4.78 is 38.7. The van der Waals surface area contributed by atoms with E-state index >= 15 is 0 Å². The van der Waals surface area contributed by atoms with Gasteiger partial charge in [-0.15, -0.1) is 11.8 Å². The molecule has 1 aliphatic rings. The molecule has 2 aromatic carbocycles. The van der Waals surface area contributed by atoms with Crippen molar-refractivity contribution in [1.29, 1.82) is 0 Å². The summed E-state index contributed by atoms with van der Waals surface area (Å²) in [5.74, 6) is -1.63. The highest BCUT2D eigenvalue weighted by atomic mass is 35.5. The minimum absolute atomic E-state index is 0.112. The number of carboxylic acids is 1. The minimum Gasteiger partial charge on any atom is -0.480 e. The Kier molecular flexibility index (Phi) is 7.53. The molecular weight excluding hydrogens is 515 g/mol. The van der Waals surface area contributed by atoms with Gasteiger partial charge >= 0.3 is 12.1 Å². The smallest absolute Gasteiger partial charge is 0.430 e. The summed E-state index contributed by atoms with van der Waals surface area (Å²) in [4.78, 5) is 30.2. The molecule has 1 heterocycles. The van der Waals surface area contributed by atoms with Gasteiger partial charge in [0.05, 0.1) is 21.3 Å². The molecule has 1 atom stereocenters. The zero-order valence-corrected chi connectivity index (χ0v) is 21.5. The monoisotopic (exact) mass is 539 g/mol. The Labute approximate surface area is 216 Å². The van der Waals surface area contributed by atoms with Crippen LogP contribution in [0.15, 0.2) is 65.3 Å². The van der Waals surface area contributed by atoms with Crippen molar-refractivity contribution in [3.8, 4) is 0 Å². The van der Waals surface area contributed by atoms with Gasteiger partial charge in [0.1, 0.15) is 11.7 Å². The Morgan fingerprint density at radius 1 is 1.08 bits per heavy atom. The summed E-state index contributed by atoms with van der Waals surface area (Å²) in [5.41, 5.74) is 4.45. The second-order valence-corrected chi connectivity index (χ2v) is 11.9. The zero-order valence-electron chi connectivity index (χ0n) is 19.9. The van der Waals surface area contributed by atoms with Gasteiger partial charge in [0.25, 0.3) is 5.91 Å². The highest BCUT2D eigenvalue weighted by molar-refractivity contribution is 8.02. The number of nitrogens with two attached hydrogens (primary N) is 1. The fraction of sp³-hybridized carbons (Fsp3) is 0.320. The van der Waals surface area contributed by atoms with Crippen molar-refractivity contribution in [2.24, 2.45) is 10.7 Å². The maximum absolute atomic E-state index is 13.4. The van der Waals surface area contributed by atoms with E-state index in [1.165, 1.54) is 40.9 Å². The number of aliphatic carboxylic acids is 1. The SMILES string of the molecule is CC1(C)SC(C)(C)N(C(=O)c2ccc(C(/C=C(\N)C(F)(F)F)=Nc3ccccc3Cl)cc2)C1C(=O)O. The third kappa shape index (κ3) is 5.70. The van der Waals surface area contributed by atoms with Gasteiger partial charge < -0.3 is 15.7 Å². The molecule has 192 valence electrons. The topological polar surface area (TPSA) is 96.0 Å². The molecule has 1 aliphatic heterocycles. The average Bonchev–Trinajstić information content (AvgIpc) is 2.96. The molecule has 0 bridgehead atoms. The van der Waals surface area contributed by atoms with Crippen LogP contribution in [0.5, 0.6) is 0 Å². The lowest BCUT2D eigenvalue weighted by Gasteiger charge is -2.33. The zero-order chi connectivity index (χ0) is 27.1. The first-order valence-corrected chi connectivity index (χ1v) is 12.0. The molecule has 1 saturated heterocycles. The highest BCUT2D eigenvalue weighted by Crippen LogP contribution is 2.51. The summed E-state index contributed by atoms with van der Waals surface area (Å²) >= 11 is 7.51. The number of hydrogen-bond acceptors (Lipinski definition) is 5. The van der Waals surface area contributed by atoms with Crippen LogP contribution in [0, 0.1) is 0 Å². The van der Waals surface area contributed by atoms with Gasteiger partial charge in [-0.05, 0) is 58.0 Å². The predicted molar refractivity (Wildman–Crippen MR) is 136 cm³/mol. The summed E-state index contributed by atoms with van der Waals surface area (Å²) in [5, 5.41) is 10.1. The number of rotatable bonds is 5. The Morgan fingerprint density at radius 2 is 1.64 bits per heavy atom. The van der Waals surface area contributed by atoms with Gasteiger partial charge in [0.15, 0.2) is 0 Å². The van der Waals surface area contributed by atoms with Crippen LogP contribution < -0.4 is 5.73 Å². The van der Waals surface area contributed by atoms with Crippen LogP contribution in [0.1, 0.15) is 43.6 Å². The number of alkyl halides is 3. The minimum atomic E-state index is -4.77. The van der Waals surface area contributed by atoms with Crippen LogP contribution in [0.25, 0.3) is 0 Å². The molecule has 0 radical (unpaired) electrons. The molecule has 2 aromatic rings. The third-order valence-corrected chi connectivity index (χ3v) is 7.37. The Hall–Kier alpha value is -2.98. The molecule has 1 amide bonds. The first-order chi connectivity index (χ1) is 16.5. The first kappa shape index (κ1) is 27.6. The van der Waals surface area contributed by atoms with Gasteiger partial charge in [-0.3, -0.25) is 4.79 Å². The van der Waals surface area contributed by atoms with E-state index in [-0.39, 0.29) is 27.5 Å². The molecule has 6 nitrogen and oxygen atoms in total. The summed E-state index contributed by atoms with van der Waals surface area (Å²) in [6.45, 7) is 7.08. The number of para-hydroxylation sites is 1. The standard InChI is InChI=1S/C25H25ClF3N3O3S/c1-23(2)20(22(34)35)32(24(3,4)36-23)21(33)15-11-9-14(10-12-15)18(13-19(30)25(27,28)29)31-17-8-6-5-7-16(17)26/h5-13,20H,30H2,1-4H3,(H,34,35)/b19-13-,31-18?. The second kappa shape index (κ2) is 9.82. The van der Waals surface area contributed by atoms with Crippen molar-refractivity contribution >= 4 is 46.6 Å². The molecule has 3 N–H and O–H groups in total. The number of carbonyl (C=O) groups excluding carboxylic acids is 1. The van der Waals surface area contributed by atoms with Gasteiger partial charge in [0, 0.05) is 15.9 Å². The number of aliphatic imine (C=N–C) groups is 1. The lowest BCUT2D eigenvalue weighted by Crippen LogP contribution is -2.53. The molecule has 0 aromatic heterocycles. The van der Waals surface area contributed by atoms with Crippen molar-refractivity contribution in [2.45, 2.75) is 49.5 Å². The number of hydrogen-bond donors (Lipinski definition) is 2. The van der Waals surface area contributed by atoms with Gasteiger partial charge in [-0.25, -0.2) is 9.79 Å². The largest absolute Gasteiger partial charge is 0.480 e. The average molecular weight is 540 g/mol. The Balaban J connectivity index is 2.04. The molecule has 0 saturated carbocycles. The lowest BCUT2D eigenvalue weighted by atomic mass is 9.98. The van der Waals surface area contributed by atoms with Crippen molar-refractivity contribution < 1.29 is 27.9 Å². The van der Waals surface area contributed by atoms with E-state index in [4.69, 9.17) is 17.3 Å². The number of carboxylic acid groups (broad SMARTS) is 1. The summed E-state index contributed by atoms with van der Waals surface area (Å²) in [6, 6.07) is 11.0. The summed E-state index contributed by atoms with van der Waals surface area (Å²) in [7, 11) is 0. The molecule has 1 unspecified atom stereocenters. The van der Waals surface area contributed by atoms with Gasteiger partial charge in [-0.1, -0.05) is 35.9 Å². The number of thioether (sulfide) groups is 1. The van der Waals surface area contributed by atoms with Gasteiger partial charge in [0.2, 0.25) is 0 Å². The molecule has 0 spiro atoms. The Bertz CT molecular complexity index is 1240. The van der Waals surface area contributed by atoms with Crippen LogP contribution in [-0.2, 0) is 4.79 Å². The lowest BCUT2D eigenvalue weighted by molar-refractivity contribution is -0.143. The van der Waals surface area contributed by atoms with Gasteiger partial charge in [-0.2, -0.15) is 13.2 Å². The van der Waals surface area contributed by atoms with Crippen molar-refractivity contribution in [3.05, 3.63) is 76.5 Å². The van der Waals surface area contributed by atoms with E-state index in [9.17, 15) is 27.9 Å². The fourth-order valence-corrected chi connectivity index (χ4v) is 6.21. The van der Waals surface area contributed by atoms with Crippen LogP contribution in [0.3, 0.4) is 0 Å². The number of carbonyl (C=O) groups is 2. The van der Waals surface area contributed by atoms with E-state index in [2.05, 4.69) is 4.99 Å². The molecule has 36 heavy (non-hydrogen) atoms. The van der Waals surface area contributed by atoms with Crippen molar-refractivity contribution in [2.75, 3.05) is 0 Å². The number of amides is 1. The van der Waals surface area contributed by atoms with E-state index in [0.29, 0.717) is 6.08 Å². The predicted octanol–water partition coefficient (Wildman–Crippen LogP) is 6.02. The van der Waals surface area contributed by atoms with Crippen LogP contribution in [0.4, 0.5) is 18.9 Å². The summed E-state index contributed by atoms with van der Waals surface area (Å²) in [6.07, 6.45) is -4.07. The maximum Gasteiger partial charge on any atom is 0.430 e. The number of halogens is 4. The highest BCUT2D eigenvalue weighted by Gasteiger charge is 2.57. The molecule has 1 fully saturated rings. The molecular formula is C25H25ClF3N3O3S. The van der Waals surface area contributed by atoms with E-state index in [1.807, 2.05) is 0 Å². The number of nitrogens with zero attached hydrogens (tertiary/aromatic N) is 2. The number of benzene rings is 2. The third-order valence-electron chi connectivity index (χ3n) is 5.60. The van der Waals surface area contributed by atoms with Crippen LogP contribution >= 0.6 is 23.4 Å². The normalized spacial score (nSPS) is 19.9. The second-order valence-electron chi connectivity index (χ2n) is 9.19. The van der Waals surface area contributed by atoms with E-state index < -0.39 is 39.4 Å². The number of allylic oxidation sites excluding steroid dienone is 2. The quantitative estimate of drug-likeness (QED) is 0.453. The van der Waals surface area contributed by atoms with Crippen LogP contribution in [-0.4, -0.2) is 49.4 Å². The molecule has 3 rings (SSSR count). The molecule has 11 heteroatoms. The van der Waals surface area contributed by atoms with E-state index in [0.717, 1.165) is 0 Å². The van der Waals surface area contributed by atoms with Crippen molar-refractivity contribution in [3.63, 3.8) is 0 Å². The molecule has 0 aliphatic carbocycles. The maximum atomic E-state index is 13.4.